The van der Waals surface area contributed by atoms with E-state index in [0.29, 0.717) is 6.54 Å². The van der Waals surface area contributed by atoms with Crippen molar-refractivity contribution in [2.75, 3.05) is 6.54 Å². The average Bonchev–Trinajstić information content (AvgIpc) is 3.53. The lowest BCUT2D eigenvalue weighted by Crippen LogP contribution is -2.36. The number of H-pyrrole nitrogens is 2. The van der Waals surface area contributed by atoms with Gasteiger partial charge in [-0.25, -0.2) is 0 Å². The van der Waals surface area contributed by atoms with E-state index in [1.165, 1.54) is 15.8 Å². The lowest BCUT2D eigenvalue weighted by Gasteiger charge is -2.19. The molecule has 3 aromatic heterocycles. The molecule has 0 aliphatic rings. The fraction of sp³-hybridized carbons (Fsp3) is 0.160. The predicted molar refractivity (Wildman–Crippen MR) is 125 cm³/mol. The zero-order valence-electron chi connectivity index (χ0n) is 16.7. The van der Waals surface area contributed by atoms with Gasteiger partial charge in [-0.1, -0.05) is 42.5 Å². The van der Waals surface area contributed by atoms with Crippen LogP contribution in [0.1, 0.15) is 33.6 Å². The molecule has 0 saturated heterocycles. The first-order valence-corrected chi connectivity index (χ1v) is 11.0. The first-order valence-electron chi connectivity index (χ1n) is 10.2. The van der Waals surface area contributed by atoms with Gasteiger partial charge >= 0.3 is 0 Å². The Kier molecular flexibility index (Phi) is 4.99. The third-order valence-corrected chi connectivity index (χ3v) is 6.75. The normalized spacial score (nSPS) is 13.6. The van der Waals surface area contributed by atoms with E-state index < -0.39 is 0 Å². The predicted octanol–water partition coefficient (Wildman–Crippen LogP) is 5.70. The molecule has 5 rings (SSSR count). The van der Waals surface area contributed by atoms with E-state index in [1.54, 1.807) is 11.3 Å². The average molecular weight is 414 g/mol. The summed E-state index contributed by atoms with van der Waals surface area (Å²) in [7, 11) is 0. The number of para-hydroxylation sites is 2. The number of nitrogens with one attached hydrogen (secondary N) is 3. The van der Waals surface area contributed by atoms with Crippen molar-refractivity contribution in [3.05, 3.63) is 94.4 Å². The van der Waals surface area contributed by atoms with Crippen LogP contribution in [0, 0.1) is 0 Å². The van der Waals surface area contributed by atoms with Crippen LogP contribution in [-0.4, -0.2) is 28.3 Å². The Hall–Kier alpha value is -3.15. The van der Waals surface area contributed by atoms with E-state index in [4.69, 9.17) is 0 Å². The summed E-state index contributed by atoms with van der Waals surface area (Å²) in [5, 5.41) is 7.82. The van der Waals surface area contributed by atoms with Crippen molar-refractivity contribution in [3.63, 3.8) is 0 Å². The lowest BCUT2D eigenvalue weighted by molar-refractivity contribution is 0.0952. The van der Waals surface area contributed by atoms with Crippen molar-refractivity contribution in [1.82, 2.24) is 15.3 Å². The van der Waals surface area contributed by atoms with Crippen LogP contribution in [0.2, 0.25) is 0 Å². The Morgan fingerprint density at radius 1 is 0.933 bits per heavy atom. The van der Waals surface area contributed by atoms with E-state index in [2.05, 4.69) is 57.2 Å². The van der Waals surface area contributed by atoms with Gasteiger partial charge in [0.15, 0.2) is 5.78 Å². The van der Waals surface area contributed by atoms with Crippen LogP contribution in [0.5, 0.6) is 0 Å². The molecule has 5 aromatic rings. The number of Topliss-reactive ketones (excluding diaryl/α,β-unsaturated/α-hetero) is 1. The molecule has 5 heteroatoms. The second-order valence-corrected chi connectivity index (χ2v) is 8.58. The molecule has 0 unspecified atom stereocenters. The molecule has 0 radical (unpaired) electrons. The van der Waals surface area contributed by atoms with Gasteiger partial charge in [0.2, 0.25) is 0 Å². The number of rotatable bonds is 7. The third kappa shape index (κ3) is 3.36. The highest BCUT2D eigenvalue weighted by Crippen LogP contribution is 2.33. The largest absolute Gasteiger partial charge is 0.361 e. The molecule has 4 nitrogen and oxygen atoms in total. The Balaban J connectivity index is 1.40. The first-order chi connectivity index (χ1) is 14.7. The molecule has 2 aromatic carbocycles. The van der Waals surface area contributed by atoms with Crippen LogP contribution in [0.3, 0.4) is 0 Å². The Bertz CT molecular complexity index is 1300. The number of aromatic amines is 2. The van der Waals surface area contributed by atoms with Gasteiger partial charge in [-0.2, -0.15) is 0 Å². The fourth-order valence-corrected chi connectivity index (χ4v) is 4.98. The highest BCUT2D eigenvalue weighted by Gasteiger charge is 2.23. The Morgan fingerprint density at radius 3 is 2.40 bits per heavy atom. The number of carbonyl (C=O) groups excluding carboxylic acids is 1. The zero-order valence-corrected chi connectivity index (χ0v) is 17.5. The van der Waals surface area contributed by atoms with Crippen molar-refractivity contribution in [3.8, 4) is 0 Å². The van der Waals surface area contributed by atoms with Crippen molar-refractivity contribution in [2.24, 2.45) is 0 Å². The van der Waals surface area contributed by atoms with Gasteiger partial charge in [0.25, 0.3) is 0 Å². The highest BCUT2D eigenvalue weighted by molar-refractivity contribution is 7.10. The Labute approximate surface area is 179 Å². The molecule has 30 heavy (non-hydrogen) atoms. The molecular formula is C25H23N3OS. The molecule has 0 saturated carbocycles. The van der Waals surface area contributed by atoms with Crippen LogP contribution in [0.25, 0.3) is 21.8 Å². The second-order valence-electron chi connectivity index (χ2n) is 7.60. The molecule has 0 aliphatic carbocycles. The minimum atomic E-state index is -0.281. The first kappa shape index (κ1) is 18.9. The SMILES string of the molecule is C[C@H](NC[C@H](c1cccs1)c1c[nH]c2ccccc12)C(=O)c1c[nH]c2ccccc12. The molecule has 0 spiro atoms. The lowest BCUT2D eigenvalue weighted by atomic mass is 9.96. The molecule has 0 fully saturated rings. The monoisotopic (exact) mass is 413 g/mol. The van der Waals surface area contributed by atoms with Gasteiger partial charge in [-0.15, -0.1) is 11.3 Å². The summed E-state index contributed by atoms with van der Waals surface area (Å²) in [4.78, 5) is 21.0. The quantitative estimate of drug-likeness (QED) is 0.300. The Morgan fingerprint density at radius 2 is 1.63 bits per heavy atom. The van der Waals surface area contributed by atoms with Crippen molar-refractivity contribution < 1.29 is 4.79 Å². The maximum atomic E-state index is 13.1. The molecule has 2 atom stereocenters. The van der Waals surface area contributed by atoms with Crippen LogP contribution in [-0.2, 0) is 0 Å². The fourth-order valence-electron chi connectivity index (χ4n) is 4.13. The minimum absolute atomic E-state index is 0.108. The van der Waals surface area contributed by atoms with Crippen molar-refractivity contribution in [1.29, 1.82) is 0 Å². The summed E-state index contributed by atoms with van der Waals surface area (Å²) in [6.45, 7) is 2.64. The van der Waals surface area contributed by atoms with Crippen molar-refractivity contribution in [2.45, 2.75) is 18.9 Å². The molecule has 3 N–H and O–H groups in total. The van der Waals surface area contributed by atoms with E-state index in [0.717, 1.165) is 22.0 Å². The maximum Gasteiger partial charge on any atom is 0.181 e. The van der Waals surface area contributed by atoms with Gasteiger partial charge < -0.3 is 15.3 Å². The van der Waals surface area contributed by atoms with Gasteiger partial charge in [0, 0.05) is 57.1 Å². The summed E-state index contributed by atoms with van der Waals surface area (Å²) < 4.78 is 0. The van der Waals surface area contributed by atoms with E-state index in [-0.39, 0.29) is 17.7 Å². The molecule has 0 bridgehead atoms. The zero-order chi connectivity index (χ0) is 20.5. The van der Waals surface area contributed by atoms with Crippen LogP contribution >= 0.6 is 11.3 Å². The number of fused-ring (bicyclic) bond motifs is 2. The number of benzene rings is 2. The van der Waals surface area contributed by atoms with Crippen LogP contribution < -0.4 is 5.32 Å². The summed E-state index contributed by atoms with van der Waals surface area (Å²) >= 11 is 1.75. The molecule has 150 valence electrons. The second kappa shape index (κ2) is 7.94. The van der Waals surface area contributed by atoms with Gasteiger partial charge in [-0.3, -0.25) is 4.79 Å². The van der Waals surface area contributed by atoms with Crippen LogP contribution in [0.15, 0.2) is 78.4 Å². The molecule has 0 amide bonds. The number of hydrogen-bond donors (Lipinski definition) is 3. The maximum absolute atomic E-state index is 13.1. The number of carbonyl (C=O) groups is 1. The van der Waals surface area contributed by atoms with Crippen molar-refractivity contribution >= 4 is 38.9 Å². The van der Waals surface area contributed by atoms with Gasteiger partial charge in [0.05, 0.1) is 6.04 Å². The van der Waals surface area contributed by atoms with Gasteiger partial charge in [-0.05, 0) is 36.1 Å². The minimum Gasteiger partial charge on any atom is -0.361 e. The van der Waals surface area contributed by atoms with Crippen LogP contribution in [0.4, 0.5) is 0 Å². The smallest absolute Gasteiger partial charge is 0.181 e. The molecule has 0 aliphatic heterocycles. The van der Waals surface area contributed by atoms with Gasteiger partial charge in [0.1, 0.15) is 0 Å². The molecular weight excluding hydrogens is 390 g/mol. The summed E-state index contributed by atoms with van der Waals surface area (Å²) in [5.41, 5.74) is 4.12. The van der Waals surface area contributed by atoms with E-state index in [1.807, 2.05) is 43.5 Å². The topological polar surface area (TPSA) is 60.7 Å². The summed E-state index contributed by atoms with van der Waals surface area (Å²) in [6, 6.07) is 20.3. The number of ketones is 1. The highest BCUT2D eigenvalue weighted by atomic mass is 32.1. The van der Waals surface area contributed by atoms with E-state index >= 15 is 0 Å². The number of aromatic nitrogens is 2. The molecule has 3 heterocycles. The standard InChI is InChI=1S/C25H23N3OS/c1-16(25(29)21-15-28-23-10-5-3-8-18(21)23)26-14-20(24-11-6-12-30-24)19-13-27-22-9-4-2-7-17(19)22/h2-13,15-16,20,26-28H,14H2,1H3/t16-,20-/m0/s1. The summed E-state index contributed by atoms with van der Waals surface area (Å²) in [6.07, 6.45) is 3.92. The number of thiophene rings is 1. The number of hydrogen-bond acceptors (Lipinski definition) is 3. The van der Waals surface area contributed by atoms with E-state index in [9.17, 15) is 4.79 Å². The third-order valence-electron chi connectivity index (χ3n) is 5.76. The summed E-state index contributed by atoms with van der Waals surface area (Å²) in [5.74, 6) is 0.288.